The Bertz CT molecular complexity index is 510. The quantitative estimate of drug-likeness (QED) is 0.531. The van der Waals surface area contributed by atoms with Crippen LogP contribution in [-0.2, 0) is 9.59 Å². The molecule has 1 atom stereocenters. The Morgan fingerprint density at radius 1 is 1.45 bits per heavy atom. The average Bonchev–Trinajstić information content (AvgIpc) is 2.30. The van der Waals surface area contributed by atoms with E-state index >= 15 is 0 Å². The van der Waals surface area contributed by atoms with Gasteiger partial charge in [0.25, 0.3) is 0 Å². The minimum atomic E-state index is -1.35. The second-order valence-electron chi connectivity index (χ2n) is 5.67. The summed E-state index contributed by atoms with van der Waals surface area (Å²) < 4.78 is 0. The summed E-state index contributed by atoms with van der Waals surface area (Å²) in [7, 11) is 0. The van der Waals surface area contributed by atoms with Crippen LogP contribution in [0, 0.1) is 5.41 Å². The molecule has 5 nitrogen and oxygen atoms in total. The Morgan fingerprint density at radius 2 is 2.05 bits per heavy atom. The largest absolute Gasteiger partial charge is 0.478 e. The SMILES string of the molecule is CC1=CC(=O)CC(C)(C)[C@@]1(O)/C=C/C(=C\C(=O)O)CO. The van der Waals surface area contributed by atoms with Crippen molar-refractivity contribution in [3.8, 4) is 0 Å². The molecule has 0 aliphatic heterocycles. The molecule has 0 saturated heterocycles. The third-order valence-corrected chi connectivity index (χ3v) is 3.66. The Hall–Kier alpha value is -1.72. The fourth-order valence-electron chi connectivity index (χ4n) is 2.40. The maximum absolute atomic E-state index is 11.6. The normalized spacial score (nSPS) is 26.8. The van der Waals surface area contributed by atoms with Crippen molar-refractivity contribution < 1.29 is 24.9 Å². The van der Waals surface area contributed by atoms with Crippen molar-refractivity contribution in [1.82, 2.24) is 0 Å². The van der Waals surface area contributed by atoms with E-state index in [9.17, 15) is 14.7 Å². The highest BCUT2D eigenvalue weighted by molar-refractivity contribution is 5.92. The van der Waals surface area contributed by atoms with E-state index in [-0.39, 0.29) is 17.8 Å². The molecule has 0 amide bonds. The van der Waals surface area contributed by atoms with Crippen molar-refractivity contribution in [2.75, 3.05) is 6.61 Å². The van der Waals surface area contributed by atoms with E-state index in [0.29, 0.717) is 5.57 Å². The van der Waals surface area contributed by atoms with Gasteiger partial charge in [0.1, 0.15) is 5.60 Å². The molecule has 3 N–H and O–H groups in total. The first-order valence-electron chi connectivity index (χ1n) is 6.30. The summed E-state index contributed by atoms with van der Waals surface area (Å²) in [4.78, 5) is 22.2. The average molecular weight is 280 g/mol. The van der Waals surface area contributed by atoms with Crippen LogP contribution in [0.5, 0.6) is 0 Å². The van der Waals surface area contributed by atoms with Gasteiger partial charge in [0.15, 0.2) is 5.78 Å². The zero-order valence-electron chi connectivity index (χ0n) is 11.9. The Kier molecular flexibility index (Phi) is 4.68. The number of aliphatic carboxylic acids is 1. The number of carbonyl (C=O) groups excluding carboxylic acids is 1. The molecule has 0 aromatic carbocycles. The highest BCUT2D eigenvalue weighted by Gasteiger charge is 2.46. The van der Waals surface area contributed by atoms with Crippen molar-refractivity contribution in [1.29, 1.82) is 0 Å². The number of rotatable bonds is 4. The molecule has 1 aliphatic rings. The van der Waals surface area contributed by atoms with Crippen LogP contribution in [0.15, 0.2) is 35.5 Å². The molecule has 0 radical (unpaired) electrons. The minimum absolute atomic E-state index is 0.0472. The van der Waals surface area contributed by atoms with E-state index in [1.807, 2.05) is 0 Å². The summed E-state index contributed by atoms with van der Waals surface area (Å²) in [6, 6.07) is 0. The lowest BCUT2D eigenvalue weighted by atomic mass is 9.64. The Morgan fingerprint density at radius 3 is 2.50 bits per heavy atom. The van der Waals surface area contributed by atoms with E-state index < -0.39 is 23.6 Å². The van der Waals surface area contributed by atoms with Crippen molar-refractivity contribution in [2.45, 2.75) is 32.8 Å². The van der Waals surface area contributed by atoms with Crippen LogP contribution in [0.1, 0.15) is 27.2 Å². The maximum Gasteiger partial charge on any atom is 0.328 e. The molecule has 0 unspecified atom stereocenters. The van der Waals surface area contributed by atoms with Crippen LogP contribution >= 0.6 is 0 Å². The van der Waals surface area contributed by atoms with E-state index in [2.05, 4.69) is 0 Å². The molecule has 0 heterocycles. The summed E-state index contributed by atoms with van der Waals surface area (Å²) in [6.07, 6.45) is 5.29. The van der Waals surface area contributed by atoms with Gasteiger partial charge in [-0.1, -0.05) is 19.9 Å². The van der Waals surface area contributed by atoms with Crippen molar-refractivity contribution >= 4 is 11.8 Å². The van der Waals surface area contributed by atoms with Gasteiger partial charge in [-0.3, -0.25) is 4.79 Å². The van der Waals surface area contributed by atoms with Gasteiger partial charge in [-0.05, 0) is 30.2 Å². The number of ketones is 1. The summed E-state index contributed by atoms with van der Waals surface area (Å²) in [6.45, 7) is 4.75. The van der Waals surface area contributed by atoms with E-state index in [4.69, 9.17) is 10.2 Å². The molecule has 20 heavy (non-hydrogen) atoms. The molecule has 0 fully saturated rings. The van der Waals surface area contributed by atoms with E-state index in [1.54, 1.807) is 20.8 Å². The van der Waals surface area contributed by atoms with Crippen molar-refractivity contribution in [3.05, 3.63) is 35.5 Å². The predicted octanol–water partition coefficient (Wildman–Crippen LogP) is 1.22. The van der Waals surface area contributed by atoms with Gasteiger partial charge in [0.05, 0.1) is 6.61 Å². The van der Waals surface area contributed by atoms with Crippen LogP contribution in [-0.4, -0.2) is 39.3 Å². The van der Waals surface area contributed by atoms with Crippen molar-refractivity contribution in [2.24, 2.45) is 5.41 Å². The minimum Gasteiger partial charge on any atom is -0.478 e. The van der Waals surface area contributed by atoms with Crippen LogP contribution in [0.4, 0.5) is 0 Å². The molecule has 0 aromatic heterocycles. The Labute approximate surface area is 117 Å². The molecule has 0 aromatic rings. The maximum atomic E-state index is 11.6. The lowest BCUT2D eigenvalue weighted by Crippen LogP contribution is -2.48. The first kappa shape index (κ1) is 16.3. The second kappa shape index (κ2) is 5.73. The third kappa shape index (κ3) is 3.23. The van der Waals surface area contributed by atoms with Crippen LogP contribution in [0.2, 0.25) is 0 Å². The molecule has 5 heteroatoms. The highest BCUT2D eigenvalue weighted by Crippen LogP contribution is 2.44. The Balaban J connectivity index is 3.18. The molecule has 110 valence electrons. The van der Waals surface area contributed by atoms with Crippen LogP contribution < -0.4 is 0 Å². The smallest absolute Gasteiger partial charge is 0.328 e. The lowest BCUT2D eigenvalue weighted by Gasteiger charge is -2.44. The van der Waals surface area contributed by atoms with Gasteiger partial charge in [-0.2, -0.15) is 0 Å². The molecule has 0 saturated carbocycles. The van der Waals surface area contributed by atoms with Gasteiger partial charge >= 0.3 is 5.97 Å². The summed E-state index contributed by atoms with van der Waals surface area (Å²) in [5.74, 6) is -1.22. The lowest BCUT2D eigenvalue weighted by molar-refractivity contribution is -0.131. The fraction of sp³-hybridized carbons (Fsp3) is 0.467. The standard InChI is InChI=1S/C15H20O5/c1-10-6-12(17)8-14(2,3)15(10,20)5-4-11(9-16)7-13(18)19/h4-7,16,20H,8-9H2,1-3H3,(H,18,19)/b5-4+,11-7+/t15-/m1/s1. The second-order valence-corrected chi connectivity index (χ2v) is 5.67. The molecule has 0 bridgehead atoms. The molecular weight excluding hydrogens is 260 g/mol. The van der Waals surface area contributed by atoms with Crippen LogP contribution in [0.25, 0.3) is 0 Å². The number of carboxylic acids is 1. The van der Waals surface area contributed by atoms with Crippen molar-refractivity contribution in [3.63, 3.8) is 0 Å². The van der Waals surface area contributed by atoms with E-state index in [0.717, 1.165) is 6.08 Å². The molecule has 1 aliphatic carbocycles. The van der Waals surface area contributed by atoms with Gasteiger partial charge in [0.2, 0.25) is 0 Å². The van der Waals surface area contributed by atoms with E-state index in [1.165, 1.54) is 18.2 Å². The molecule has 0 spiro atoms. The topological polar surface area (TPSA) is 94.8 Å². The summed E-state index contributed by atoms with van der Waals surface area (Å²) in [5, 5.41) is 28.6. The number of carbonyl (C=O) groups is 2. The summed E-state index contributed by atoms with van der Waals surface area (Å²) in [5.41, 5.74) is -1.38. The number of aliphatic hydroxyl groups is 2. The van der Waals surface area contributed by atoms with Gasteiger partial charge in [-0.15, -0.1) is 0 Å². The van der Waals surface area contributed by atoms with Crippen LogP contribution in [0.3, 0.4) is 0 Å². The number of allylic oxidation sites excluding steroid dienone is 1. The number of aliphatic hydroxyl groups excluding tert-OH is 1. The first-order chi connectivity index (χ1) is 9.12. The summed E-state index contributed by atoms with van der Waals surface area (Å²) >= 11 is 0. The predicted molar refractivity (Wildman–Crippen MR) is 74.1 cm³/mol. The monoisotopic (exact) mass is 280 g/mol. The number of hydrogen-bond donors (Lipinski definition) is 3. The highest BCUT2D eigenvalue weighted by atomic mass is 16.4. The fourth-order valence-corrected chi connectivity index (χ4v) is 2.40. The van der Waals surface area contributed by atoms with Gasteiger partial charge in [-0.25, -0.2) is 4.79 Å². The van der Waals surface area contributed by atoms with Gasteiger partial charge in [0, 0.05) is 17.9 Å². The molecular formula is C15H20O5. The third-order valence-electron chi connectivity index (χ3n) is 3.66. The molecule has 1 rings (SSSR count). The number of carboxylic acid groups (broad SMARTS) is 1. The number of hydrogen-bond acceptors (Lipinski definition) is 4. The van der Waals surface area contributed by atoms with Gasteiger partial charge < -0.3 is 15.3 Å². The zero-order chi connectivity index (χ0) is 15.6. The zero-order valence-corrected chi connectivity index (χ0v) is 11.9. The first-order valence-corrected chi connectivity index (χ1v) is 6.30.